The fourth-order valence-corrected chi connectivity index (χ4v) is 2.24. The second-order valence-corrected chi connectivity index (χ2v) is 6.58. The highest BCUT2D eigenvalue weighted by atomic mass is 16.2. The minimum atomic E-state index is -0.244. The molecule has 0 aromatic rings. The predicted molar refractivity (Wildman–Crippen MR) is 78.6 cm³/mol. The number of carbonyl (C=O) groups is 1. The van der Waals surface area contributed by atoms with Gasteiger partial charge in [-0.2, -0.15) is 0 Å². The smallest absolute Gasteiger partial charge is 0.226 e. The van der Waals surface area contributed by atoms with Gasteiger partial charge in [0.2, 0.25) is 5.91 Å². The van der Waals surface area contributed by atoms with Crippen molar-refractivity contribution in [1.29, 1.82) is 0 Å². The Morgan fingerprint density at radius 1 is 1.22 bits per heavy atom. The molecule has 3 nitrogen and oxygen atoms in total. The summed E-state index contributed by atoms with van der Waals surface area (Å²) in [7, 11) is 4.11. The summed E-state index contributed by atoms with van der Waals surface area (Å²) in [4.78, 5) is 14.5. The molecule has 1 amide bonds. The van der Waals surface area contributed by atoms with Crippen molar-refractivity contribution in [1.82, 2.24) is 10.2 Å². The number of rotatable bonds is 8. The fourth-order valence-electron chi connectivity index (χ4n) is 2.24. The van der Waals surface area contributed by atoms with Gasteiger partial charge in [-0.15, -0.1) is 0 Å². The van der Waals surface area contributed by atoms with Crippen molar-refractivity contribution >= 4 is 5.91 Å². The lowest BCUT2D eigenvalue weighted by atomic mass is 9.72. The van der Waals surface area contributed by atoms with E-state index < -0.39 is 0 Å². The monoisotopic (exact) mass is 256 g/mol. The van der Waals surface area contributed by atoms with Gasteiger partial charge in [-0.1, -0.05) is 34.6 Å². The highest BCUT2D eigenvalue weighted by molar-refractivity contribution is 5.82. The van der Waals surface area contributed by atoms with Crippen LogP contribution in [0.2, 0.25) is 0 Å². The van der Waals surface area contributed by atoms with Crippen LogP contribution in [-0.2, 0) is 4.79 Å². The van der Waals surface area contributed by atoms with Crippen molar-refractivity contribution in [2.24, 2.45) is 17.3 Å². The lowest BCUT2D eigenvalue weighted by Gasteiger charge is -2.34. The Morgan fingerprint density at radius 2 is 1.78 bits per heavy atom. The quantitative estimate of drug-likeness (QED) is 0.677. The summed E-state index contributed by atoms with van der Waals surface area (Å²) in [6, 6.07) is 0. The summed E-state index contributed by atoms with van der Waals surface area (Å²) in [6.07, 6.45) is 1.96. The third-order valence-corrected chi connectivity index (χ3v) is 3.69. The average Bonchev–Trinajstić information content (AvgIpc) is 2.22. The van der Waals surface area contributed by atoms with Gasteiger partial charge in [0.1, 0.15) is 0 Å². The maximum absolute atomic E-state index is 12.4. The van der Waals surface area contributed by atoms with E-state index >= 15 is 0 Å². The molecule has 0 aliphatic heterocycles. The van der Waals surface area contributed by atoms with Gasteiger partial charge in [0.15, 0.2) is 0 Å². The molecule has 0 radical (unpaired) electrons. The summed E-state index contributed by atoms with van der Waals surface area (Å²) < 4.78 is 0. The normalized spacial score (nSPS) is 15.2. The highest BCUT2D eigenvalue weighted by Crippen LogP contribution is 2.34. The highest BCUT2D eigenvalue weighted by Gasteiger charge is 2.36. The first kappa shape index (κ1) is 17.4. The number of hydrogen-bond donors (Lipinski definition) is 1. The van der Waals surface area contributed by atoms with E-state index in [1.54, 1.807) is 0 Å². The van der Waals surface area contributed by atoms with Gasteiger partial charge in [-0.3, -0.25) is 4.79 Å². The SMILES string of the molecule is CC(C)CC(C)(C(=O)NCCCN(C)C)C(C)C. The molecule has 0 bridgehead atoms. The first-order chi connectivity index (χ1) is 8.20. The van der Waals surface area contributed by atoms with Crippen molar-refractivity contribution in [2.75, 3.05) is 27.2 Å². The van der Waals surface area contributed by atoms with Crippen molar-refractivity contribution in [2.45, 2.75) is 47.5 Å². The zero-order valence-corrected chi connectivity index (χ0v) is 13.3. The van der Waals surface area contributed by atoms with Crippen molar-refractivity contribution < 1.29 is 4.79 Å². The molecular weight excluding hydrogens is 224 g/mol. The van der Waals surface area contributed by atoms with E-state index in [9.17, 15) is 4.79 Å². The Kier molecular flexibility index (Phi) is 7.53. The van der Waals surface area contributed by atoms with E-state index in [0.29, 0.717) is 11.8 Å². The molecule has 0 spiro atoms. The molecule has 0 aliphatic carbocycles. The van der Waals surface area contributed by atoms with Crippen LogP contribution in [-0.4, -0.2) is 38.0 Å². The molecule has 0 rings (SSSR count). The van der Waals surface area contributed by atoms with E-state index in [-0.39, 0.29) is 11.3 Å². The van der Waals surface area contributed by atoms with E-state index in [4.69, 9.17) is 0 Å². The zero-order chi connectivity index (χ0) is 14.3. The summed E-state index contributed by atoms with van der Waals surface area (Å²) in [5, 5.41) is 3.10. The van der Waals surface area contributed by atoms with E-state index in [1.165, 1.54) is 0 Å². The Bertz CT molecular complexity index is 249. The minimum Gasteiger partial charge on any atom is -0.356 e. The zero-order valence-electron chi connectivity index (χ0n) is 13.3. The van der Waals surface area contributed by atoms with Gasteiger partial charge in [0, 0.05) is 12.0 Å². The second-order valence-electron chi connectivity index (χ2n) is 6.58. The summed E-state index contributed by atoms with van der Waals surface area (Å²) in [6.45, 7) is 12.5. The first-order valence-corrected chi connectivity index (χ1v) is 7.13. The van der Waals surface area contributed by atoms with E-state index in [1.807, 2.05) is 0 Å². The Balaban J connectivity index is 4.32. The molecule has 0 saturated heterocycles. The summed E-state index contributed by atoms with van der Waals surface area (Å²) in [5.41, 5.74) is -0.244. The molecule has 3 heteroatoms. The Labute approximate surface area is 113 Å². The molecule has 1 atom stereocenters. The topological polar surface area (TPSA) is 32.3 Å². The van der Waals surface area contributed by atoms with Crippen LogP contribution >= 0.6 is 0 Å². The predicted octanol–water partition coefficient (Wildman–Crippen LogP) is 2.76. The summed E-state index contributed by atoms with van der Waals surface area (Å²) in [5.74, 6) is 1.13. The van der Waals surface area contributed by atoms with E-state index in [0.717, 1.165) is 25.9 Å². The van der Waals surface area contributed by atoms with Gasteiger partial charge in [0.05, 0.1) is 0 Å². The third-order valence-electron chi connectivity index (χ3n) is 3.69. The molecule has 0 saturated carbocycles. The molecule has 18 heavy (non-hydrogen) atoms. The number of carbonyl (C=O) groups excluding carboxylic acids is 1. The average molecular weight is 256 g/mol. The van der Waals surface area contributed by atoms with Crippen LogP contribution in [0.25, 0.3) is 0 Å². The minimum absolute atomic E-state index is 0.213. The van der Waals surface area contributed by atoms with Gasteiger partial charge in [-0.05, 0) is 45.3 Å². The number of amides is 1. The molecule has 1 N–H and O–H groups in total. The maximum Gasteiger partial charge on any atom is 0.226 e. The fraction of sp³-hybridized carbons (Fsp3) is 0.933. The lowest BCUT2D eigenvalue weighted by Crippen LogP contribution is -2.44. The van der Waals surface area contributed by atoms with Gasteiger partial charge in [-0.25, -0.2) is 0 Å². The molecule has 108 valence electrons. The second kappa shape index (κ2) is 7.78. The van der Waals surface area contributed by atoms with Crippen LogP contribution in [0.4, 0.5) is 0 Å². The molecular formula is C15H32N2O. The Hall–Kier alpha value is -0.570. The first-order valence-electron chi connectivity index (χ1n) is 7.13. The number of hydrogen-bond acceptors (Lipinski definition) is 2. The van der Waals surface area contributed by atoms with Crippen molar-refractivity contribution in [3.8, 4) is 0 Å². The van der Waals surface area contributed by atoms with E-state index in [2.05, 4.69) is 58.9 Å². The van der Waals surface area contributed by atoms with Crippen LogP contribution in [0.3, 0.4) is 0 Å². The largest absolute Gasteiger partial charge is 0.356 e. The van der Waals surface area contributed by atoms with Crippen LogP contribution in [0, 0.1) is 17.3 Å². The van der Waals surface area contributed by atoms with Crippen molar-refractivity contribution in [3.63, 3.8) is 0 Å². The molecule has 0 heterocycles. The van der Waals surface area contributed by atoms with Gasteiger partial charge in [0.25, 0.3) is 0 Å². The van der Waals surface area contributed by atoms with Crippen LogP contribution < -0.4 is 5.32 Å². The van der Waals surface area contributed by atoms with Gasteiger partial charge >= 0.3 is 0 Å². The molecule has 0 aliphatic rings. The lowest BCUT2D eigenvalue weighted by molar-refractivity contribution is -0.133. The van der Waals surface area contributed by atoms with Crippen LogP contribution in [0.1, 0.15) is 47.5 Å². The number of nitrogens with one attached hydrogen (secondary N) is 1. The van der Waals surface area contributed by atoms with Crippen molar-refractivity contribution in [3.05, 3.63) is 0 Å². The Morgan fingerprint density at radius 3 is 2.17 bits per heavy atom. The third kappa shape index (κ3) is 5.85. The molecule has 0 aromatic heterocycles. The molecule has 0 aromatic carbocycles. The van der Waals surface area contributed by atoms with Crippen LogP contribution in [0.5, 0.6) is 0 Å². The molecule has 0 fully saturated rings. The summed E-state index contributed by atoms with van der Waals surface area (Å²) >= 11 is 0. The van der Waals surface area contributed by atoms with Crippen LogP contribution in [0.15, 0.2) is 0 Å². The van der Waals surface area contributed by atoms with Gasteiger partial charge < -0.3 is 10.2 Å². The number of nitrogens with zero attached hydrogens (tertiary/aromatic N) is 1. The maximum atomic E-state index is 12.4. The standard InChI is InChI=1S/C15H32N2O/c1-12(2)11-15(5,13(3)4)14(18)16-9-8-10-17(6)7/h12-13H,8-11H2,1-7H3,(H,16,18). The molecule has 1 unspecified atom stereocenters.